The van der Waals surface area contributed by atoms with Crippen LogP contribution in [0, 0.1) is 20.8 Å². The van der Waals surface area contributed by atoms with Crippen molar-refractivity contribution in [2.45, 2.75) is 46.8 Å². The molecule has 0 amide bonds. The quantitative estimate of drug-likeness (QED) is 0.882. The molecule has 102 valence electrons. The summed E-state index contributed by atoms with van der Waals surface area (Å²) in [7, 11) is 0. The zero-order valence-corrected chi connectivity index (χ0v) is 12.3. The third-order valence-corrected chi connectivity index (χ3v) is 3.73. The van der Waals surface area contributed by atoms with E-state index in [1.807, 2.05) is 25.4 Å². The van der Waals surface area contributed by atoms with Gasteiger partial charge in [0.1, 0.15) is 0 Å². The maximum atomic E-state index is 9.84. The minimum atomic E-state index is -0.346. The average molecular weight is 257 g/mol. The number of rotatable bonds is 4. The molecule has 1 atom stereocenters. The van der Waals surface area contributed by atoms with Crippen molar-refractivity contribution in [1.82, 2.24) is 4.57 Å². The first-order chi connectivity index (χ1) is 9.01. The highest BCUT2D eigenvalue weighted by Gasteiger charge is 2.08. The molecule has 2 heteroatoms. The lowest BCUT2D eigenvalue weighted by Crippen LogP contribution is -2.02. The first-order valence-corrected chi connectivity index (χ1v) is 6.91. The molecule has 1 N–H and O–H groups in total. The van der Waals surface area contributed by atoms with Gasteiger partial charge in [-0.15, -0.1) is 0 Å². The topological polar surface area (TPSA) is 25.2 Å². The molecular formula is C17H23NO. The Balaban J connectivity index is 2.24. The maximum absolute atomic E-state index is 9.84. The Morgan fingerprint density at radius 2 is 1.79 bits per heavy atom. The number of aliphatic hydroxyl groups is 1. The Hall–Kier alpha value is -1.54. The number of aliphatic hydroxyl groups excluding tert-OH is 1. The van der Waals surface area contributed by atoms with Gasteiger partial charge in [-0.1, -0.05) is 24.6 Å². The van der Waals surface area contributed by atoms with E-state index in [0.29, 0.717) is 0 Å². The number of benzene rings is 1. The van der Waals surface area contributed by atoms with Crippen LogP contribution in [0.5, 0.6) is 0 Å². The van der Waals surface area contributed by atoms with Crippen molar-refractivity contribution in [3.8, 4) is 0 Å². The number of aryl methyl sites for hydroxylation is 3. The molecule has 0 aliphatic carbocycles. The van der Waals surface area contributed by atoms with E-state index in [1.165, 1.54) is 22.3 Å². The zero-order chi connectivity index (χ0) is 14.0. The predicted molar refractivity (Wildman–Crippen MR) is 79.4 cm³/mol. The van der Waals surface area contributed by atoms with Crippen LogP contribution >= 0.6 is 0 Å². The van der Waals surface area contributed by atoms with E-state index in [1.54, 1.807) is 0 Å². The fourth-order valence-electron chi connectivity index (χ4n) is 2.63. The van der Waals surface area contributed by atoms with E-state index < -0.39 is 0 Å². The van der Waals surface area contributed by atoms with Crippen LogP contribution in [-0.4, -0.2) is 9.67 Å². The molecule has 1 unspecified atom stereocenters. The van der Waals surface area contributed by atoms with Crippen LogP contribution in [0.15, 0.2) is 30.6 Å². The van der Waals surface area contributed by atoms with Crippen molar-refractivity contribution < 1.29 is 5.11 Å². The molecule has 1 heterocycles. The highest BCUT2D eigenvalue weighted by Crippen LogP contribution is 2.20. The van der Waals surface area contributed by atoms with Gasteiger partial charge in [0.05, 0.1) is 6.10 Å². The Bertz CT molecular complexity index is 545. The molecule has 0 saturated carbocycles. The SMILES string of the molecule is CCC(O)c1ccn(Cc2c(C)cc(C)cc2C)c1. The Morgan fingerprint density at radius 3 is 2.37 bits per heavy atom. The Morgan fingerprint density at radius 1 is 1.16 bits per heavy atom. The second-order valence-corrected chi connectivity index (χ2v) is 5.42. The molecule has 0 saturated heterocycles. The van der Waals surface area contributed by atoms with Gasteiger partial charge in [0, 0.05) is 18.9 Å². The van der Waals surface area contributed by atoms with Crippen LogP contribution < -0.4 is 0 Å². The van der Waals surface area contributed by atoms with Crippen molar-refractivity contribution in [2.24, 2.45) is 0 Å². The van der Waals surface area contributed by atoms with E-state index in [9.17, 15) is 5.11 Å². The van der Waals surface area contributed by atoms with Crippen LogP contribution in [0.25, 0.3) is 0 Å². The highest BCUT2D eigenvalue weighted by molar-refractivity contribution is 5.37. The zero-order valence-electron chi connectivity index (χ0n) is 12.3. The molecular weight excluding hydrogens is 234 g/mol. The summed E-state index contributed by atoms with van der Waals surface area (Å²) in [5.74, 6) is 0. The van der Waals surface area contributed by atoms with Crippen LogP contribution in [0.2, 0.25) is 0 Å². The van der Waals surface area contributed by atoms with Crippen LogP contribution in [0.4, 0.5) is 0 Å². The third-order valence-electron chi connectivity index (χ3n) is 3.73. The Kier molecular flexibility index (Phi) is 4.11. The van der Waals surface area contributed by atoms with Gasteiger partial charge in [0.15, 0.2) is 0 Å². The van der Waals surface area contributed by atoms with Gasteiger partial charge >= 0.3 is 0 Å². The first kappa shape index (κ1) is 13.9. The summed E-state index contributed by atoms with van der Waals surface area (Å²) in [6, 6.07) is 6.47. The van der Waals surface area contributed by atoms with Gasteiger partial charge in [-0.05, 0) is 55.5 Å². The molecule has 0 spiro atoms. The maximum Gasteiger partial charge on any atom is 0.0802 e. The number of nitrogens with zero attached hydrogens (tertiary/aromatic N) is 1. The summed E-state index contributed by atoms with van der Waals surface area (Å²) in [4.78, 5) is 0. The van der Waals surface area contributed by atoms with Gasteiger partial charge in [-0.3, -0.25) is 0 Å². The normalized spacial score (nSPS) is 12.7. The van der Waals surface area contributed by atoms with Gasteiger partial charge in [0.2, 0.25) is 0 Å². The van der Waals surface area contributed by atoms with Gasteiger partial charge in [0.25, 0.3) is 0 Å². The summed E-state index contributed by atoms with van der Waals surface area (Å²) < 4.78 is 2.15. The smallest absolute Gasteiger partial charge is 0.0802 e. The summed E-state index contributed by atoms with van der Waals surface area (Å²) in [5, 5.41) is 9.84. The molecule has 2 aromatic rings. The van der Waals surface area contributed by atoms with Gasteiger partial charge in [-0.25, -0.2) is 0 Å². The average Bonchev–Trinajstić information content (AvgIpc) is 2.81. The molecule has 2 nitrogen and oxygen atoms in total. The van der Waals surface area contributed by atoms with Gasteiger partial charge < -0.3 is 9.67 Å². The third kappa shape index (κ3) is 3.07. The van der Waals surface area contributed by atoms with Crippen LogP contribution in [0.3, 0.4) is 0 Å². The first-order valence-electron chi connectivity index (χ1n) is 6.91. The number of hydrogen-bond acceptors (Lipinski definition) is 1. The van der Waals surface area contributed by atoms with Crippen molar-refractivity contribution in [3.05, 3.63) is 58.4 Å². The van der Waals surface area contributed by atoms with E-state index in [0.717, 1.165) is 18.5 Å². The largest absolute Gasteiger partial charge is 0.388 e. The number of aromatic nitrogens is 1. The lowest BCUT2D eigenvalue weighted by Gasteiger charge is -2.12. The van der Waals surface area contributed by atoms with E-state index in [4.69, 9.17) is 0 Å². The fourth-order valence-corrected chi connectivity index (χ4v) is 2.63. The van der Waals surface area contributed by atoms with Gasteiger partial charge in [-0.2, -0.15) is 0 Å². The summed E-state index contributed by atoms with van der Waals surface area (Å²) >= 11 is 0. The second kappa shape index (κ2) is 5.62. The minimum absolute atomic E-state index is 0.346. The van der Waals surface area contributed by atoms with E-state index in [2.05, 4.69) is 37.5 Å². The van der Waals surface area contributed by atoms with E-state index in [-0.39, 0.29) is 6.10 Å². The van der Waals surface area contributed by atoms with Crippen molar-refractivity contribution in [1.29, 1.82) is 0 Å². The second-order valence-electron chi connectivity index (χ2n) is 5.42. The molecule has 0 fully saturated rings. The molecule has 0 radical (unpaired) electrons. The molecule has 1 aromatic carbocycles. The lowest BCUT2D eigenvalue weighted by molar-refractivity contribution is 0.173. The van der Waals surface area contributed by atoms with Crippen LogP contribution in [-0.2, 0) is 6.54 Å². The minimum Gasteiger partial charge on any atom is -0.388 e. The fraction of sp³-hybridized carbons (Fsp3) is 0.412. The lowest BCUT2D eigenvalue weighted by atomic mass is 10.00. The number of hydrogen-bond donors (Lipinski definition) is 1. The molecule has 0 aliphatic rings. The summed E-state index contributed by atoms with van der Waals surface area (Å²) in [6.45, 7) is 9.33. The molecule has 19 heavy (non-hydrogen) atoms. The molecule has 0 bridgehead atoms. The standard InChI is InChI=1S/C17H23NO/c1-5-17(19)15-6-7-18(10-15)11-16-13(3)8-12(2)9-14(16)4/h6-10,17,19H,5,11H2,1-4H3. The molecule has 2 rings (SSSR count). The molecule has 1 aromatic heterocycles. The van der Waals surface area contributed by atoms with Crippen molar-refractivity contribution >= 4 is 0 Å². The highest BCUT2D eigenvalue weighted by atomic mass is 16.3. The molecule has 0 aliphatic heterocycles. The Labute approximate surface area is 115 Å². The summed E-state index contributed by atoms with van der Waals surface area (Å²) in [6.07, 6.45) is 4.51. The van der Waals surface area contributed by atoms with Crippen molar-refractivity contribution in [2.75, 3.05) is 0 Å². The predicted octanol–water partition coefficient (Wildman–Crippen LogP) is 3.91. The monoisotopic (exact) mass is 257 g/mol. The van der Waals surface area contributed by atoms with E-state index >= 15 is 0 Å². The summed E-state index contributed by atoms with van der Waals surface area (Å²) in [5.41, 5.74) is 6.37. The van der Waals surface area contributed by atoms with Crippen LogP contribution in [0.1, 0.15) is 47.3 Å². The van der Waals surface area contributed by atoms with Crippen molar-refractivity contribution in [3.63, 3.8) is 0 Å².